The number of carbonyl (C=O) groups is 1. The van der Waals surface area contributed by atoms with E-state index in [4.69, 9.17) is 9.47 Å². The summed E-state index contributed by atoms with van der Waals surface area (Å²) in [5.41, 5.74) is 0. The second-order valence-electron chi connectivity index (χ2n) is 22.0. The smallest absolute Gasteiger partial charge is 0.220 e. The minimum absolute atomic E-state index is 0.252. The van der Waals surface area contributed by atoms with Gasteiger partial charge in [-0.25, -0.2) is 0 Å². The third-order valence-corrected chi connectivity index (χ3v) is 15.3. The molecule has 1 aliphatic rings. The number of rotatable bonds is 54. The minimum atomic E-state index is -1.60. The second kappa shape index (κ2) is 50.3. The zero-order valence-corrected chi connectivity index (χ0v) is 46.2. The molecule has 10 nitrogen and oxygen atoms in total. The molecule has 8 atom stereocenters. The van der Waals surface area contributed by atoms with Crippen molar-refractivity contribution in [3.63, 3.8) is 0 Å². The van der Waals surface area contributed by atoms with Gasteiger partial charge in [-0.2, -0.15) is 0 Å². The van der Waals surface area contributed by atoms with Gasteiger partial charge < -0.3 is 45.4 Å². The average Bonchev–Trinajstić information content (AvgIpc) is 3.36. The summed E-state index contributed by atoms with van der Waals surface area (Å²) in [6, 6.07) is -0.985. The number of hydrogen-bond donors (Lipinski definition) is 7. The molecule has 0 bridgehead atoms. The van der Waals surface area contributed by atoms with Gasteiger partial charge in [0.05, 0.1) is 25.4 Å². The lowest BCUT2D eigenvalue weighted by Gasteiger charge is -2.40. The Morgan fingerprint density at radius 1 is 0.443 bits per heavy atom. The predicted molar refractivity (Wildman–Crippen MR) is 292 cm³/mol. The number of unbranched alkanes of at least 4 members (excludes halogenated alkanes) is 43. The van der Waals surface area contributed by atoms with E-state index in [0.717, 1.165) is 44.9 Å². The van der Waals surface area contributed by atoms with Gasteiger partial charge in [-0.3, -0.25) is 4.79 Å². The Kier molecular flexibility index (Phi) is 48.3. The molecule has 0 spiro atoms. The van der Waals surface area contributed by atoms with Crippen molar-refractivity contribution < 1.29 is 44.9 Å². The molecule has 1 heterocycles. The molecule has 1 rings (SSSR count). The third-order valence-electron chi connectivity index (χ3n) is 15.3. The summed E-state index contributed by atoms with van der Waals surface area (Å²) in [6.45, 7) is 3.62. The molecule has 0 aromatic heterocycles. The molecule has 70 heavy (non-hydrogen) atoms. The summed E-state index contributed by atoms with van der Waals surface area (Å²) >= 11 is 0. The molecule has 0 aliphatic carbocycles. The highest BCUT2D eigenvalue weighted by Gasteiger charge is 2.44. The van der Waals surface area contributed by atoms with Crippen LogP contribution >= 0.6 is 0 Å². The number of nitrogens with one attached hydrogen (secondary N) is 1. The molecule has 1 amide bonds. The van der Waals surface area contributed by atoms with Crippen LogP contribution in [0, 0.1) is 0 Å². The van der Waals surface area contributed by atoms with Crippen molar-refractivity contribution >= 4 is 5.91 Å². The van der Waals surface area contributed by atoms with E-state index in [0.29, 0.717) is 6.42 Å². The maximum Gasteiger partial charge on any atom is 0.220 e. The molecule has 1 aliphatic heterocycles. The van der Waals surface area contributed by atoms with E-state index in [1.807, 2.05) is 0 Å². The van der Waals surface area contributed by atoms with Crippen LogP contribution < -0.4 is 5.32 Å². The highest BCUT2D eigenvalue weighted by atomic mass is 16.7. The Morgan fingerprint density at radius 2 is 0.743 bits per heavy atom. The summed E-state index contributed by atoms with van der Waals surface area (Å²) in [6.07, 6.45) is 50.5. The van der Waals surface area contributed by atoms with E-state index in [-0.39, 0.29) is 18.9 Å². The molecule has 0 aromatic rings. The Morgan fingerprint density at radius 3 is 1.06 bits per heavy atom. The van der Waals surface area contributed by atoms with Gasteiger partial charge in [-0.1, -0.05) is 296 Å². The number of amides is 1. The van der Waals surface area contributed by atoms with Gasteiger partial charge in [0.25, 0.3) is 0 Å². The van der Waals surface area contributed by atoms with Crippen LogP contribution in [-0.2, 0) is 14.3 Å². The minimum Gasteiger partial charge on any atom is -0.394 e. The molecule has 7 N–H and O–H groups in total. The van der Waals surface area contributed by atoms with Crippen LogP contribution in [0.1, 0.15) is 316 Å². The summed E-state index contributed by atoms with van der Waals surface area (Å²) in [4.78, 5) is 13.1. The topological polar surface area (TPSA) is 169 Å². The fourth-order valence-corrected chi connectivity index (χ4v) is 10.4. The van der Waals surface area contributed by atoms with Gasteiger partial charge in [0.15, 0.2) is 6.29 Å². The molecule has 0 aromatic carbocycles. The van der Waals surface area contributed by atoms with Crippen LogP contribution in [0.25, 0.3) is 0 Å². The van der Waals surface area contributed by atoms with Crippen LogP contribution in [0.5, 0.6) is 0 Å². The molecule has 0 saturated carbocycles. The normalized spacial score (nSPS) is 19.7. The van der Waals surface area contributed by atoms with Crippen molar-refractivity contribution in [2.45, 2.75) is 365 Å². The zero-order valence-electron chi connectivity index (χ0n) is 46.2. The van der Waals surface area contributed by atoms with Crippen molar-refractivity contribution in [3.05, 3.63) is 0 Å². The zero-order chi connectivity index (χ0) is 51.0. The molecular formula is C60H119NO9. The molecule has 2 unspecified atom stereocenters. The van der Waals surface area contributed by atoms with E-state index in [1.54, 1.807) is 0 Å². The van der Waals surface area contributed by atoms with Crippen LogP contribution in [-0.4, -0.2) is 98.7 Å². The van der Waals surface area contributed by atoms with Crippen molar-refractivity contribution in [2.24, 2.45) is 0 Å². The van der Waals surface area contributed by atoms with Gasteiger partial charge in [0.1, 0.15) is 30.5 Å². The number of aliphatic hydroxyl groups excluding tert-OH is 6. The van der Waals surface area contributed by atoms with Gasteiger partial charge in [0, 0.05) is 6.42 Å². The highest BCUT2D eigenvalue weighted by Crippen LogP contribution is 2.24. The van der Waals surface area contributed by atoms with Crippen molar-refractivity contribution in [1.29, 1.82) is 0 Å². The van der Waals surface area contributed by atoms with Crippen LogP contribution in [0.4, 0.5) is 0 Å². The van der Waals surface area contributed by atoms with E-state index < -0.39 is 55.6 Å². The molecule has 10 heteroatoms. The second-order valence-corrected chi connectivity index (χ2v) is 22.0. The lowest BCUT2D eigenvalue weighted by molar-refractivity contribution is -0.303. The van der Waals surface area contributed by atoms with Gasteiger partial charge in [-0.15, -0.1) is 0 Å². The number of ether oxygens (including phenoxy) is 2. The average molecular weight is 999 g/mol. The van der Waals surface area contributed by atoms with Crippen molar-refractivity contribution in [1.82, 2.24) is 5.32 Å². The number of aliphatic hydroxyl groups is 6. The van der Waals surface area contributed by atoms with E-state index >= 15 is 0 Å². The third kappa shape index (κ3) is 38.7. The first kappa shape index (κ1) is 67.2. The van der Waals surface area contributed by atoms with Crippen LogP contribution in [0.2, 0.25) is 0 Å². The summed E-state index contributed by atoms with van der Waals surface area (Å²) in [7, 11) is 0. The largest absolute Gasteiger partial charge is 0.394 e. The summed E-state index contributed by atoms with van der Waals surface area (Å²) < 4.78 is 11.2. The van der Waals surface area contributed by atoms with Gasteiger partial charge >= 0.3 is 0 Å². The quantitative estimate of drug-likeness (QED) is 0.0293. The standard InChI is InChI=1S/C60H119NO9/c1-3-5-7-9-11-13-14-15-16-17-18-19-20-21-22-23-24-25-26-27-28-29-30-31-32-33-34-35-36-37-38-39-41-43-45-47-49-55(64)61-52(51-69-60-59(68)58(67)57(66)54(50-62)70-60)56(65)53(63)48-46-44-42-40-12-10-8-6-4-2/h52-54,56-60,62-63,65-68H,3-51H2,1-2H3,(H,61,64)/t52-,53+,54+,56-,57-,58?,59?,60+/m0/s1. The summed E-state index contributed by atoms with van der Waals surface area (Å²) in [5, 5.41) is 65.3. The monoisotopic (exact) mass is 998 g/mol. The van der Waals surface area contributed by atoms with E-state index in [2.05, 4.69) is 19.2 Å². The first-order valence-electron chi connectivity index (χ1n) is 30.8. The van der Waals surface area contributed by atoms with Gasteiger partial charge in [0.2, 0.25) is 5.91 Å². The maximum absolute atomic E-state index is 13.1. The fourth-order valence-electron chi connectivity index (χ4n) is 10.4. The first-order valence-corrected chi connectivity index (χ1v) is 30.8. The van der Waals surface area contributed by atoms with Crippen molar-refractivity contribution in [3.8, 4) is 0 Å². The number of hydrogen-bond acceptors (Lipinski definition) is 9. The Labute approximate surface area is 432 Å². The van der Waals surface area contributed by atoms with Crippen molar-refractivity contribution in [2.75, 3.05) is 13.2 Å². The number of carbonyl (C=O) groups excluding carboxylic acids is 1. The fraction of sp³-hybridized carbons (Fsp3) is 0.983. The highest BCUT2D eigenvalue weighted by molar-refractivity contribution is 5.76. The Hall–Kier alpha value is -0.850. The van der Waals surface area contributed by atoms with Gasteiger partial charge in [-0.05, 0) is 12.8 Å². The van der Waals surface area contributed by atoms with E-state index in [1.165, 1.54) is 244 Å². The van der Waals surface area contributed by atoms with E-state index in [9.17, 15) is 35.4 Å². The van der Waals surface area contributed by atoms with Crippen LogP contribution in [0.15, 0.2) is 0 Å². The van der Waals surface area contributed by atoms with Crippen LogP contribution in [0.3, 0.4) is 0 Å². The maximum atomic E-state index is 13.1. The Balaban J connectivity index is 2.03. The summed E-state index contributed by atoms with van der Waals surface area (Å²) in [5.74, 6) is -0.252. The molecular weight excluding hydrogens is 879 g/mol. The molecule has 418 valence electrons. The molecule has 1 saturated heterocycles. The lowest BCUT2D eigenvalue weighted by Crippen LogP contribution is -2.60. The molecule has 1 fully saturated rings. The SMILES string of the molecule is CCCCCCCCCCCCCCCCCCCCCCCCCCCCCCCCCCCCCCC(=O)N[C@@H](CO[C@@H]1O[C@H](CO)[C@H](O)C(O)C1O)[C@H](O)[C@H](O)CCCCCCCCCCC. The molecule has 0 radical (unpaired) electrons. The predicted octanol–water partition coefficient (Wildman–Crippen LogP) is 14.4. The Bertz CT molecular complexity index is 1080. The lowest BCUT2D eigenvalue weighted by atomic mass is 9.98. The first-order chi connectivity index (χ1) is 34.3.